The van der Waals surface area contributed by atoms with E-state index in [0.29, 0.717) is 0 Å². The number of benzene rings is 2. The number of methoxy groups -OCH3 is 1. The molecule has 0 aliphatic rings. The average molecular weight is 367 g/mol. The van der Waals surface area contributed by atoms with Gasteiger partial charge in [-0.25, -0.2) is 4.79 Å². The zero-order valence-electron chi connectivity index (χ0n) is 15.4. The van der Waals surface area contributed by atoms with E-state index in [4.69, 9.17) is 9.47 Å². The van der Waals surface area contributed by atoms with Crippen molar-refractivity contribution in [3.8, 4) is 11.5 Å². The molecule has 0 bridgehead atoms. The number of nitro groups is 1. The molecule has 0 aliphatic carbocycles. The molecule has 0 spiro atoms. The van der Waals surface area contributed by atoms with Crippen molar-refractivity contribution in [3.05, 3.63) is 82.4 Å². The summed E-state index contributed by atoms with van der Waals surface area (Å²) < 4.78 is 10.3. The van der Waals surface area contributed by atoms with Crippen molar-refractivity contribution in [3.63, 3.8) is 0 Å². The summed E-state index contributed by atoms with van der Waals surface area (Å²) in [6.45, 7) is 4.14. The van der Waals surface area contributed by atoms with Gasteiger partial charge in [0, 0.05) is 18.2 Å². The van der Waals surface area contributed by atoms with Crippen LogP contribution in [0.15, 0.2) is 66.8 Å². The maximum atomic E-state index is 11.9. The molecule has 2 aromatic rings. The quantitative estimate of drug-likeness (QED) is 0.175. The first-order valence-electron chi connectivity index (χ1n) is 8.39. The lowest BCUT2D eigenvalue weighted by molar-refractivity contribution is -0.384. The van der Waals surface area contributed by atoms with Crippen molar-refractivity contribution in [2.75, 3.05) is 7.11 Å². The maximum Gasteiger partial charge on any atom is 0.336 e. The lowest BCUT2D eigenvalue weighted by atomic mass is 9.95. The Morgan fingerprint density at radius 1 is 1.04 bits per heavy atom. The van der Waals surface area contributed by atoms with Crippen LogP contribution in [0.25, 0.3) is 5.57 Å². The maximum absolute atomic E-state index is 11.9. The Labute approximate surface area is 157 Å². The van der Waals surface area contributed by atoms with Gasteiger partial charge in [-0.15, -0.1) is 0 Å². The van der Waals surface area contributed by atoms with E-state index in [2.05, 4.69) is 13.8 Å². The molecule has 0 N–H and O–H groups in total. The zero-order valence-corrected chi connectivity index (χ0v) is 15.4. The van der Waals surface area contributed by atoms with Crippen LogP contribution in [0.5, 0.6) is 11.5 Å². The van der Waals surface area contributed by atoms with Gasteiger partial charge in [-0.2, -0.15) is 0 Å². The topological polar surface area (TPSA) is 78.7 Å². The molecule has 0 saturated carbocycles. The molecule has 6 nitrogen and oxygen atoms in total. The Morgan fingerprint density at radius 2 is 1.63 bits per heavy atom. The highest BCUT2D eigenvalue weighted by Gasteiger charge is 2.07. The van der Waals surface area contributed by atoms with Crippen molar-refractivity contribution in [2.45, 2.75) is 13.8 Å². The molecule has 27 heavy (non-hydrogen) atoms. The number of hydrogen-bond donors (Lipinski definition) is 0. The third-order valence-corrected chi connectivity index (χ3v) is 3.82. The molecule has 0 unspecified atom stereocenters. The first kappa shape index (κ1) is 19.9. The van der Waals surface area contributed by atoms with Gasteiger partial charge < -0.3 is 9.47 Å². The first-order valence-corrected chi connectivity index (χ1v) is 8.39. The van der Waals surface area contributed by atoms with Gasteiger partial charge in [-0.05, 0) is 41.3 Å². The molecular formula is C21H21NO5. The smallest absolute Gasteiger partial charge is 0.336 e. The third-order valence-electron chi connectivity index (χ3n) is 3.82. The highest BCUT2D eigenvalue weighted by atomic mass is 16.6. The van der Waals surface area contributed by atoms with Crippen LogP contribution >= 0.6 is 0 Å². The second-order valence-electron chi connectivity index (χ2n) is 6.04. The molecule has 0 saturated heterocycles. The number of esters is 1. The predicted molar refractivity (Wildman–Crippen MR) is 104 cm³/mol. The molecular weight excluding hydrogens is 346 g/mol. The Morgan fingerprint density at radius 3 is 2.15 bits per heavy atom. The Hall–Kier alpha value is -3.41. The SMILES string of the molecule is COc1ccc(/C(=C\C=C\C(=O)Oc2ccc([N+](=O)[O-])cc2)C(C)C)cc1. The van der Waals surface area contributed by atoms with E-state index in [1.165, 1.54) is 30.3 Å². The van der Waals surface area contributed by atoms with Crippen molar-refractivity contribution >= 4 is 17.2 Å². The van der Waals surface area contributed by atoms with Crippen molar-refractivity contribution in [1.29, 1.82) is 0 Å². The molecule has 0 fully saturated rings. The van der Waals surface area contributed by atoms with E-state index in [1.807, 2.05) is 30.3 Å². The van der Waals surface area contributed by atoms with Crippen LogP contribution < -0.4 is 9.47 Å². The number of carbonyl (C=O) groups is 1. The minimum atomic E-state index is -0.557. The van der Waals surface area contributed by atoms with E-state index in [0.717, 1.165) is 16.9 Å². The number of allylic oxidation sites excluding steroid dienone is 3. The van der Waals surface area contributed by atoms with E-state index in [9.17, 15) is 14.9 Å². The number of carbonyl (C=O) groups excluding carboxylic acids is 1. The third kappa shape index (κ3) is 5.81. The highest BCUT2D eigenvalue weighted by molar-refractivity contribution is 5.85. The van der Waals surface area contributed by atoms with Gasteiger partial charge in [0.15, 0.2) is 0 Å². The fourth-order valence-electron chi connectivity index (χ4n) is 2.42. The highest BCUT2D eigenvalue weighted by Crippen LogP contribution is 2.25. The van der Waals surface area contributed by atoms with Crippen LogP contribution in [0.1, 0.15) is 19.4 Å². The monoisotopic (exact) mass is 367 g/mol. The molecule has 2 rings (SSSR count). The van der Waals surface area contributed by atoms with Gasteiger partial charge in [0.25, 0.3) is 5.69 Å². The van der Waals surface area contributed by atoms with Crippen molar-refractivity contribution in [1.82, 2.24) is 0 Å². The molecule has 0 atom stereocenters. The minimum Gasteiger partial charge on any atom is -0.497 e. The van der Waals surface area contributed by atoms with Crippen LogP contribution in [-0.2, 0) is 4.79 Å². The molecule has 0 aliphatic heterocycles. The number of nitrogens with zero attached hydrogens (tertiary/aromatic N) is 1. The second-order valence-corrected chi connectivity index (χ2v) is 6.04. The molecule has 2 aromatic carbocycles. The summed E-state index contributed by atoms with van der Waals surface area (Å²) in [5, 5.41) is 10.6. The van der Waals surface area contributed by atoms with Crippen LogP contribution in [0.2, 0.25) is 0 Å². The van der Waals surface area contributed by atoms with Crippen LogP contribution in [0.4, 0.5) is 5.69 Å². The van der Waals surface area contributed by atoms with Gasteiger partial charge in [0.1, 0.15) is 11.5 Å². The normalized spacial score (nSPS) is 11.6. The standard InChI is InChI=1S/C21H21NO5/c1-15(2)20(16-7-11-18(26-3)12-8-16)5-4-6-21(23)27-19-13-9-17(10-14-19)22(24)25/h4-15H,1-3H3/b6-4+,20-5-. The number of rotatable bonds is 7. The fraction of sp³-hybridized carbons (Fsp3) is 0.190. The summed E-state index contributed by atoms with van der Waals surface area (Å²) >= 11 is 0. The van der Waals surface area contributed by atoms with Crippen molar-refractivity contribution < 1.29 is 19.2 Å². The van der Waals surface area contributed by atoms with Crippen LogP contribution in [0.3, 0.4) is 0 Å². The second kappa shape index (κ2) is 9.33. The Kier molecular flexibility index (Phi) is 6.88. The van der Waals surface area contributed by atoms with E-state index in [1.54, 1.807) is 13.2 Å². The van der Waals surface area contributed by atoms with E-state index in [-0.39, 0.29) is 17.4 Å². The Balaban J connectivity index is 2.06. The zero-order chi connectivity index (χ0) is 19.8. The summed E-state index contributed by atoms with van der Waals surface area (Å²) in [6.07, 6.45) is 4.81. The van der Waals surface area contributed by atoms with Crippen molar-refractivity contribution in [2.24, 2.45) is 5.92 Å². The molecule has 0 radical (unpaired) electrons. The van der Waals surface area contributed by atoms with Gasteiger partial charge in [0.2, 0.25) is 0 Å². The minimum absolute atomic E-state index is 0.0608. The van der Waals surface area contributed by atoms with Gasteiger partial charge in [-0.1, -0.05) is 38.1 Å². The molecule has 0 aromatic heterocycles. The lowest BCUT2D eigenvalue weighted by Crippen LogP contribution is -2.03. The lowest BCUT2D eigenvalue weighted by Gasteiger charge is -2.11. The Bertz CT molecular complexity index is 849. The number of nitro benzene ring substituents is 1. The summed E-state index contributed by atoms with van der Waals surface area (Å²) in [7, 11) is 1.62. The fourth-order valence-corrected chi connectivity index (χ4v) is 2.42. The summed E-state index contributed by atoms with van der Waals surface area (Å²) in [5.74, 6) is 0.731. The average Bonchev–Trinajstić information content (AvgIpc) is 2.65. The van der Waals surface area contributed by atoms with Gasteiger partial charge in [-0.3, -0.25) is 10.1 Å². The van der Waals surface area contributed by atoms with E-state index >= 15 is 0 Å². The molecule has 0 heterocycles. The summed E-state index contributed by atoms with van der Waals surface area (Å²) in [4.78, 5) is 22.0. The van der Waals surface area contributed by atoms with E-state index < -0.39 is 10.9 Å². The molecule has 0 amide bonds. The summed E-state index contributed by atoms with van der Waals surface area (Å²) in [6, 6.07) is 13.0. The van der Waals surface area contributed by atoms with Crippen LogP contribution in [0, 0.1) is 16.0 Å². The first-order chi connectivity index (χ1) is 12.9. The predicted octanol–water partition coefficient (Wildman–Crippen LogP) is 4.80. The number of non-ortho nitro benzene ring substituents is 1. The van der Waals surface area contributed by atoms with Crippen LogP contribution in [-0.4, -0.2) is 18.0 Å². The number of hydrogen-bond acceptors (Lipinski definition) is 5. The van der Waals surface area contributed by atoms with Gasteiger partial charge >= 0.3 is 5.97 Å². The summed E-state index contributed by atoms with van der Waals surface area (Å²) in [5.41, 5.74) is 2.05. The largest absolute Gasteiger partial charge is 0.497 e. The number of ether oxygens (including phenoxy) is 2. The molecule has 140 valence electrons. The van der Waals surface area contributed by atoms with Gasteiger partial charge in [0.05, 0.1) is 12.0 Å². The molecule has 6 heteroatoms.